The van der Waals surface area contributed by atoms with Crippen LogP contribution in [0.2, 0.25) is 0 Å². The van der Waals surface area contributed by atoms with Crippen LogP contribution in [-0.2, 0) is 0 Å². The maximum atomic E-state index is 9.12. The molecular weight excluding hydrogens is 186 g/mol. The zero-order chi connectivity index (χ0) is 11.9. The molecule has 0 heterocycles. The van der Waals surface area contributed by atoms with E-state index in [1.807, 2.05) is 13.8 Å². The molecule has 0 saturated carbocycles. The minimum Gasteiger partial charge on any atom is -0.303 e. The van der Waals surface area contributed by atoms with Gasteiger partial charge in [0.05, 0.1) is 6.07 Å². The van der Waals surface area contributed by atoms with E-state index in [9.17, 15) is 0 Å². The summed E-state index contributed by atoms with van der Waals surface area (Å²) in [6, 6.07) is 2.35. The van der Waals surface area contributed by atoms with E-state index in [4.69, 9.17) is 5.26 Å². The van der Waals surface area contributed by atoms with E-state index < -0.39 is 5.54 Å². The molecule has 0 radical (unpaired) electrons. The van der Waals surface area contributed by atoms with Gasteiger partial charge in [-0.25, -0.2) is 0 Å². The van der Waals surface area contributed by atoms with E-state index in [0.717, 1.165) is 19.6 Å². The van der Waals surface area contributed by atoms with Crippen molar-refractivity contribution in [2.24, 2.45) is 5.92 Å². The van der Waals surface area contributed by atoms with E-state index in [0.29, 0.717) is 5.92 Å². The van der Waals surface area contributed by atoms with Crippen LogP contribution in [0.3, 0.4) is 0 Å². The summed E-state index contributed by atoms with van der Waals surface area (Å²) in [6.07, 6.45) is 1.19. The Hall–Kier alpha value is -0.590. The molecule has 0 aliphatic rings. The lowest BCUT2D eigenvalue weighted by Gasteiger charge is -2.29. The number of hydrogen-bond acceptors (Lipinski definition) is 3. The molecule has 3 nitrogen and oxygen atoms in total. The summed E-state index contributed by atoms with van der Waals surface area (Å²) in [5.74, 6) is 0.694. The molecule has 2 unspecified atom stereocenters. The van der Waals surface area contributed by atoms with Crippen molar-refractivity contribution in [2.75, 3.05) is 26.7 Å². The Morgan fingerprint density at radius 3 is 2.47 bits per heavy atom. The van der Waals surface area contributed by atoms with Crippen LogP contribution >= 0.6 is 0 Å². The van der Waals surface area contributed by atoms with Crippen molar-refractivity contribution in [1.29, 1.82) is 5.26 Å². The highest BCUT2D eigenvalue weighted by atomic mass is 15.1. The molecule has 0 rings (SSSR count). The van der Waals surface area contributed by atoms with Gasteiger partial charge >= 0.3 is 0 Å². The predicted molar refractivity (Wildman–Crippen MR) is 64.6 cm³/mol. The van der Waals surface area contributed by atoms with E-state index in [-0.39, 0.29) is 0 Å². The van der Waals surface area contributed by atoms with Gasteiger partial charge in [-0.3, -0.25) is 5.32 Å². The summed E-state index contributed by atoms with van der Waals surface area (Å²) < 4.78 is 0. The van der Waals surface area contributed by atoms with Crippen LogP contribution in [0.15, 0.2) is 0 Å². The molecule has 0 spiro atoms. The Bertz CT molecular complexity index is 209. The Morgan fingerprint density at radius 1 is 1.47 bits per heavy atom. The van der Waals surface area contributed by atoms with Gasteiger partial charge in [0.15, 0.2) is 0 Å². The molecule has 0 aromatic heterocycles. The van der Waals surface area contributed by atoms with Crippen molar-refractivity contribution in [2.45, 2.75) is 39.7 Å². The van der Waals surface area contributed by atoms with Crippen molar-refractivity contribution in [3.63, 3.8) is 0 Å². The van der Waals surface area contributed by atoms with Gasteiger partial charge in [-0.2, -0.15) is 5.26 Å². The van der Waals surface area contributed by atoms with Crippen LogP contribution in [0, 0.1) is 17.2 Å². The van der Waals surface area contributed by atoms with Crippen LogP contribution in [0.5, 0.6) is 0 Å². The second-order valence-corrected chi connectivity index (χ2v) is 4.68. The SMILES string of the molecule is CCNC(C)(C#N)CN(C)CC(C)CC. The standard InChI is InChI=1S/C12H25N3/c1-6-11(3)8-15(5)10-12(4,9-13)14-7-2/h11,14H,6-8,10H2,1-5H3. The van der Waals surface area contributed by atoms with Crippen LogP contribution < -0.4 is 5.32 Å². The Kier molecular flexibility index (Phi) is 6.55. The largest absolute Gasteiger partial charge is 0.303 e. The first-order chi connectivity index (χ1) is 6.97. The fourth-order valence-electron chi connectivity index (χ4n) is 1.79. The molecular formula is C12H25N3. The molecule has 2 atom stereocenters. The number of nitriles is 1. The van der Waals surface area contributed by atoms with Gasteiger partial charge in [0.1, 0.15) is 5.54 Å². The van der Waals surface area contributed by atoms with E-state index in [1.165, 1.54) is 6.42 Å². The highest BCUT2D eigenvalue weighted by molar-refractivity contribution is 5.05. The molecule has 0 amide bonds. The van der Waals surface area contributed by atoms with E-state index in [1.54, 1.807) is 0 Å². The molecule has 0 saturated heterocycles. The molecule has 0 aromatic carbocycles. The molecule has 0 fully saturated rings. The molecule has 0 aliphatic carbocycles. The minimum atomic E-state index is -0.420. The maximum absolute atomic E-state index is 9.12. The van der Waals surface area contributed by atoms with Gasteiger partial charge in [-0.1, -0.05) is 27.2 Å². The predicted octanol–water partition coefficient (Wildman–Crippen LogP) is 1.86. The molecule has 0 aliphatic heterocycles. The summed E-state index contributed by atoms with van der Waals surface area (Å²) in [7, 11) is 2.08. The molecule has 3 heteroatoms. The zero-order valence-corrected chi connectivity index (χ0v) is 10.8. The first-order valence-corrected chi connectivity index (χ1v) is 5.82. The van der Waals surface area contributed by atoms with E-state index in [2.05, 4.69) is 37.2 Å². The lowest BCUT2D eigenvalue weighted by molar-refractivity contribution is 0.232. The Morgan fingerprint density at radius 2 is 2.07 bits per heavy atom. The third-order valence-corrected chi connectivity index (χ3v) is 2.72. The lowest BCUT2D eigenvalue weighted by atomic mass is 10.0. The highest BCUT2D eigenvalue weighted by Crippen LogP contribution is 2.08. The quantitative estimate of drug-likeness (QED) is 0.698. The van der Waals surface area contributed by atoms with Crippen LogP contribution in [0.25, 0.3) is 0 Å². The van der Waals surface area contributed by atoms with Crippen molar-refractivity contribution in [3.8, 4) is 6.07 Å². The van der Waals surface area contributed by atoms with Gasteiger partial charge in [-0.15, -0.1) is 0 Å². The van der Waals surface area contributed by atoms with Crippen LogP contribution in [-0.4, -0.2) is 37.1 Å². The first kappa shape index (κ1) is 14.4. The molecule has 0 bridgehead atoms. The molecule has 1 N–H and O–H groups in total. The van der Waals surface area contributed by atoms with Gasteiger partial charge in [0.2, 0.25) is 0 Å². The highest BCUT2D eigenvalue weighted by Gasteiger charge is 2.24. The maximum Gasteiger partial charge on any atom is 0.116 e. The average Bonchev–Trinajstić information content (AvgIpc) is 2.17. The summed E-state index contributed by atoms with van der Waals surface area (Å²) in [4.78, 5) is 2.24. The number of nitrogens with one attached hydrogen (secondary N) is 1. The van der Waals surface area contributed by atoms with Gasteiger partial charge in [0.25, 0.3) is 0 Å². The van der Waals surface area contributed by atoms with Crippen molar-refractivity contribution in [1.82, 2.24) is 10.2 Å². The van der Waals surface area contributed by atoms with E-state index >= 15 is 0 Å². The molecule has 0 aromatic rings. The van der Waals surface area contributed by atoms with Crippen molar-refractivity contribution < 1.29 is 0 Å². The number of nitrogens with zero attached hydrogens (tertiary/aromatic N) is 2. The third-order valence-electron chi connectivity index (χ3n) is 2.72. The second-order valence-electron chi connectivity index (χ2n) is 4.68. The van der Waals surface area contributed by atoms with Crippen LogP contribution in [0.4, 0.5) is 0 Å². The van der Waals surface area contributed by atoms with Crippen molar-refractivity contribution >= 4 is 0 Å². The van der Waals surface area contributed by atoms with Crippen LogP contribution in [0.1, 0.15) is 34.1 Å². The smallest absolute Gasteiger partial charge is 0.116 e. The fourth-order valence-corrected chi connectivity index (χ4v) is 1.79. The molecule has 88 valence electrons. The molecule has 15 heavy (non-hydrogen) atoms. The van der Waals surface area contributed by atoms with Gasteiger partial charge < -0.3 is 4.90 Å². The monoisotopic (exact) mass is 211 g/mol. The lowest BCUT2D eigenvalue weighted by Crippen LogP contribution is -2.50. The Balaban J connectivity index is 4.13. The summed E-state index contributed by atoms with van der Waals surface area (Å²) in [6.45, 7) is 11.1. The fraction of sp³-hybridized carbons (Fsp3) is 0.917. The minimum absolute atomic E-state index is 0.420. The second kappa shape index (κ2) is 6.81. The van der Waals surface area contributed by atoms with Crippen molar-refractivity contribution in [3.05, 3.63) is 0 Å². The third kappa shape index (κ3) is 5.76. The summed E-state index contributed by atoms with van der Waals surface area (Å²) >= 11 is 0. The number of hydrogen-bond donors (Lipinski definition) is 1. The first-order valence-electron chi connectivity index (χ1n) is 5.82. The normalized spacial score (nSPS) is 17.1. The summed E-state index contributed by atoms with van der Waals surface area (Å²) in [5.41, 5.74) is -0.420. The summed E-state index contributed by atoms with van der Waals surface area (Å²) in [5, 5.41) is 12.3. The average molecular weight is 211 g/mol. The van der Waals surface area contributed by atoms with Gasteiger partial charge in [0, 0.05) is 13.1 Å². The number of rotatable bonds is 7. The zero-order valence-electron chi connectivity index (χ0n) is 10.8. The van der Waals surface area contributed by atoms with Gasteiger partial charge in [-0.05, 0) is 26.4 Å². The Labute approximate surface area is 94.5 Å². The number of likely N-dealkylation sites (N-methyl/N-ethyl adjacent to an activating group) is 2. The topological polar surface area (TPSA) is 39.1 Å².